The zero-order valence-corrected chi connectivity index (χ0v) is 8.34. The Bertz CT molecular complexity index is 230. The van der Waals surface area contributed by atoms with Crippen molar-refractivity contribution in [1.29, 1.82) is 0 Å². The third kappa shape index (κ3) is 3.36. The minimum absolute atomic E-state index is 0.904. The van der Waals surface area contributed by atoms with E-state index in [-0.39, 0.29) is 0 Å². The Kier molecular flexibility index (Phi) is 4.16. The van der Waals surface area contributed by atoms with Crippen LogP contribution in [0, 0.1) is 0 Å². The molecule has 0 aliphatic carbocycles. The van der Waals surface area contributed by atoms with Crippen LogP contribution in [0.1, 0.15) is 19.8 Å². The molecule has 0 heterocycles. The quantitative estimate of drug-likeness (QED) is 0.702. The van der Waals surface area contributed by atoms with Crippen LogP contribution in [-0.4, -0.2) is 13.7 Å². The number of hydrogen-bond acceptors (Lipinski definition) is 2. The van der Waals surface area contributed by atoms with Crippen molar-refractivity contribution < 1.29 is 4.74 Å². The molecule has 0 aromatic heterocycles. The molecule has 1 rings (SSSR count). The van der Waals surface area contributed by atoms with Gasteiger partial charge in [-0.3, -0.25) is 0 Å². The Labute approximate surface area is 79.9 Å². The Balaban J connectivity index is 2.40. The van der Waals surface area contributed by atoms with Gasteiger partial charge in [0.2, 0.25) is 0 Å². The molecule has 1 N–H and O–H groups in total. The van der Waals surface area contributed by atoms with E-state index in [0.29, 0.717) is 0 Å². The predicted octanol–water partition coefficient (Wildman–Crippen LogP) is 2.91. The van der Waals surface area contributed by atoms with Crippen molar-refractivity contribution >= 4 is 5.69 Å². The van der Waals surface area contributed by atoms with Crippen molar-refractivity contribution in [3.63, 3.8) is 0 Å². The summed E-state index contributed by atoms with van der Waals surface area (Å²) in [5.74, 6) is 0.904. The molecule has 0 atom stereocenters. The first kappa shape index (κ1) is 9.90. The average Bonchev–Trinajstić information content (AvgIpc) is 2.19. The number of rotatable bonds is 5. The van der Waals surface area contributed by atoms with Crippen LogP contribution in [0.4, 0.5) is 5.69 Å². The van der Waals surface area contributed by atoms with Gasteiger partial charge in [0.05, 0.1) is 7.11 Å². The van der Waals surface area contributed by atoms with Crippen LogP contribution in [0.2, 0.25) is 0 Å². The van der Waals surface area contributed by atoms with Gasteiger partial charge >= 0.3 is 0 Å². The Morgan fingerprint density at radius 3 is 2.46 bits per heavy atom. The van der Waals surface area contributed by atoms with Crippen LogP contribution in [-0.2, 0) is 0 Å². The van der Waals surface area contributed by atoms with E-state index in [1.165, 1.54) is 12.8 Å². The maximum atomic E-state index is 5.07. The zero-order chi connectivity index (χ0) is 9.52. The molecule has 2 nitrogen and oxygen atoms in total. The number of hydrogen-bond donors (Lipinski definition) is 1. The molecule has 0 aliphatic heterocycles. The highest BCUT2D eigenvalue weighted by Gasteiger charge is 1.91. The summed E-state index contributed by atoms with van der Waals surface area (Å²) in [6, 6.07) is 8.01. The first-order valence-corrected chi connectivity index (χ1v) is 4.74. The average molecular weight is 179 g/mol. The molecule has 0 aliphatic rings. The molecule has 0 unspecified atom stereocenters. The summed E-state index contributed by atoms with van der Waals surface area (Å²) in [7, 11) is 1.68. The van der Waals surface area contributed by atoms with E-state index >= 15 is 0 Å². The van der Waals surface area contributed by atoms with Crippen molar-refractivity contribution in [2.75, 3.05) is 19.0 Å². The van der Waals surface area contributed by atoms with Crippen molar-refractivity contribution in [3.8, 4) is 5.75 Å². The van der Waals surface area contributed by atoms with Crippen LogP contribution in [0.15, 0.2) is 24.3 Å². The van der Waals surface area contributed by atoms with Crippen molar-refractivity contribution in [1.82, 2.24) is 0 Å². The van der Waals surface area contributed by atoms with Crippen molar-refractivity contribution in [3.05, 3.63) is 24.3 Å². The number of anilines is 1. The van der Waals surface area contributed by atoms with E-state index in [2.05, 4.69) is 12.2 Å². The first-order chi connectivity index (χ1) is 6.36. The molecule has 72 valence electrons. The van der Waals surface area contributed by atoms with Gasteiger partial charge in [0, 0.05) is 12.2 Å². The molecular formula is C11H17NO. The van der Waals surface area contributed by atoms with E-state index in [0.717, 1.165) is 18.0 Å². The second-order valence-corrected chi connectivity index (χ2v) is 3.01. The minimum atomic E-state index is 0.904. The molecule has 0 saturated carbocycles. The van der Waals surface area contributed by atoms with Crippen LogP contribution in [0.5, 0.6) is 5.75 Å². The van der Waals surface area contributed by atoms with Gasteiger partial charge in [-0.1, -0.05) is 13.3 Å². The van der Waals surface area contributed by atoms with E-state index in [1.807, 2.05) is 24.3 Å². The fourth-order valence-corrected chi connectivity index (χ4v) is 1.12. The fraction of sp³-hybridized carbons (Fsp3) is 0.455. The standard InChI is InChI=1S/C11H17NO/c1-3-4-9-12-10-5-7-11(13-2)8-6-10/h5-8,12H,3-4,9H2,1-2H3. The second-order valence-electron chi connectivity index (χ2n) is 3.01. The molecule has 1 aromatic rings. The number of methoxy groups -OCH3 is 1. The van der Waals surface area contributed by atoms with Gasteiger partial charge in [-0.25, -0.2) is 0 Å². The molecule has 0 saturated heterocycles. The fourth-order valence-electron chi connectivity index (χ4n) is 1.12. The number of ether oxygens (including phenoxy) is 1. The van der Waals surface area contributed by atoms with Crippen molar-refractivity contribution in [2.45, 2.75) is 19.8 Å². The SMILES string of the molecule is CCCCNc1ccc(OC)cc1. The summed E-state index contributed by atoms with van der Waals surface area (Å²) in [4.78, 5) is 0. The van der Waals surface area contributed by atoms with Gasteiger partial charge in [0.1, 0.15) is 5.75 Å². The molecule has 0 amide bonds. The lowest BCUT2D eigenvalue weighted by molar-refractivity contribution is 0.415. The topological polar surface area (TPSA) is 21.3 Å². The molecule has 0 bridgehead atoms. The van der Waals surface area contributed by atoms with Gasteiger partial charge in [0.15, 0.2) is 0 Å². The number of benzene rings is 1. The van der Waals surface area contributed by atoms with Crippen LogP contribution < -0.4 is 10.1 Å². The third-order valence-electron chi connectivity index (χ3n) is 1.95. The highest BCUT2D eigenvalue weighted by atomic mass is 16.5. The summed E-state index contributed by atoms with van der Waals surface area (Å²) >= 11 is 0. The van der Waals surface area contributed by atoms with Gasteiger partial charge in [-0.15, -0.1) is 0 Å². The van der Waals surface area contributed by atoms with E-state index in [4.69, 9.17) is 4.74 Å². The molecular weight excluding hydrogens is 162 g/mol. The van der Waals surface area contributed by atoms with Crippen LogP contribution in [0.3, 0.4) is 0 Å². The molecule has 0 spiro atoms. The smallest absolute Gasteiger partial charge is 0.119 e. The van der Waals surface area contributed by atoms with E-state index in [9.17, 15) is 0 Å². The third-order valence-corrected chi connectivity index (χ3v) is 1.95. The second kappa shape index (κ2) is 5.46. The maximum absolute atomic E-state index is 5.07. The lowest BCUT2D eigenvalue weighted by Gasteiger charge is -2.05. The summed E-state index contributed by atoms with van der Waals surface area (Å²) in [5, 5.41) is 3.34. The first-order valence-electron chi connectivity index (χ1n) is 4.74. The number of nitrogens with one attached hydrogen (secondary N) is 1. The Hall–Kier alpha value is -1.18. The van der Waals surface area contributed by atoms with Gasteiger partial charge < -0.3 is 10.1 Å². The molecule has 0 radical (unpaired) electrons. The summed E-state index contributed by atoms with van der Waals surface area (Å²) in [6.45, 7) is 3.23. The molecule has 2 heteroatoms. The molecule has 1 aromatic carbocycles. The normalized spacial score (nSPS) is 9.69. The van der Waals surface area contributed by atoms with Gasteiger partial charge in [0.25, 0.3) is 0 Å². The largest absolute Gasteiger partial charge is 0.497 e. The minimum Gasteiger partial charge on any atom is -0.497 e. The Morgan fingerprint density at radius 1 is 1.23 bits per heavy atom. The molecule has 13 heavy (non-hydrogen) atoms. The lowest BCUT2D eigenvalue weighted by Crippen LogP contribution is -2.00. The lowest BCUT2D eigenvalue weighted by atomic mass is 10.3. The highest BCUT2D eigenvalue weighted by molar-refractivity contribution is 5.46. The predicted molar refractivity (Wildman–Crippen MR) is 56.4 cm³/mol. The summed E-state index contributed by atoms with van der Waals surface area (Å²) < 4.78 is 5.07. The maximum Gasteiger partial charge on any atom is 0.119 e. The van der Waals surface area contributed by atoms with Gasteiger partial charge in [-0.2, -0.15) is 0 Å². The summed E-state index contributed by atoms with van der Waals surface area (Å²) in [5.41, 5.74) is 1.16. The van der Waals surface area contributed by atoms with Crippen LogP contribution >= 0.6 is 0 Å². The van der Waals surface area contributed by atoms with Gasteiger partial charge in [-0.05, 0) is 30.7 Å². The Morgan fingerprint density at radius 2 is 1.92 bits per heavy atom. The summed E-state index contributed by atoms with van der Waals surface area (Å²) in [6.07, 6.45) is 2.44. The zero-order valence-electron chi connectivity index (χ0n) is 8.34. The monoisotopic (exact) mass is 179 g/mol. The van der Waals surface area contributed by atoms with Crippen LogP contribution in [0.25, 0.3) is 0 Å². The van der Waals surface area contributed by atoms with E-state index in [1.54, 1.807) is 7.11 Å². The number of unbranched alkanes of at least 4 members (excludes halogenated alkanes) is 1. The van der Waals surface area contributed by atoms with Crippen molar-refractivity contribution in [2.24, 2.45) is 0 Å². The highest BCUT2D eigenvalue weighted by Crippen LogP contribution is 2.14. The molecule has 0 fully saturated rings. The van der Waals surface area contributed by atoms with E-state index < -0.39 is 0 Å².